The van der Waals surface area contributed by atoms with Crippen molar-refractivity contribution in [2.45, 2.75) is 12.5 Å². The molecule has 0 aliphatic rings. The molecule has 0 spiro atoms. The molecule has 1 aromatic carbocycles. The molecule has 0 saturated carbocycles. The summed E-state index contributed by atoms with van der Waals surface area (Å²) in [6.45, 7) is 0. The van der Waals surface area contributed by atoms with Crippen LogP contribution in [0.25, 0.3) is 0 Å². The van der Waals surface area contributed by atoms with Gasteiger partial charge in [0.1, 0.15) is 11.6 Å². The van der Waals surface area contributed by atoms with Crippen molar-refractivity contribution in [1.29, 1.82) is 5.26 Å². The lowest BCUT2D eigenvalue weighted by Crippen LogP contribution is -2.28. The maximum atomic E-state index is 12.7. The first-order valence-corrected chi connectivity index (χ1v) is 5.66. The molecular formula is C14H11FN2O2. The normalized spacial score (nSPS) is 11.6. The number of nitrogens with one attached hydrogen (secondary N) is 1. The lowest BCUT2D eigenvalue weighted by atomic mass is 10.1. The van der Waals surface area contributed by atoms with Gasteiger partial charge < -0.3 is 9.73 Å². The highest BCUT2D eigenvalue weighted by Gasteiger charge is 2.16. The molecule has 96 valence electrons. The zero-order valence-corrected chi connectivity index (χ0v) is 9.97. The van der Waals surface area contributed by atoms with Gasteiger partial charge in [-0.25, -0.2) is 4.39 Å². The Balaban J connectivity index is 1.97. The smallest absolute Gasteiger partial charge is 0.225 e. The van der Waals surface area contributed by atoms with Crippen molar-refractivity contribution in [3.8, 4) is 6.07 Å². The highest BCUT2D eigenvalue weighted by Crippen LogP contribution is 2.12. The van der Waals surface area contributed by atoms with Gasteiger partial charge in [-0.05, 0) is 29.8 Å². The van der Waals surface area contributed by atoms with Crippen LogP contribution in [0.15, 0.2) is 47.1 Å². The lowest BCUT2D eigenvalue weighted by molar-refractivity contribution is -0.120. The quantitative estimate of drug-likeness (QED) is 0.915. The number of carbonyl (C=O) groups is 1. The minimum atomic E-state index is -0.817. The highest BCUT2D eigenvalue weighted by atomic mass is 19.1. The Bertz CT molecular complexity index is 585. The Kier molecular flexibility index (Phi) is 3.94. The third-order valence-electron chi connectivity index (χ3n) is 2.54. The maximum Gasteiger partial charge on any atom is 0.225 e. The number of hydrogen-bond donors (Lipinski definition) is 1. The van der Waals surface area contributed by atoms with Crippen LogP contribution in [0.2, 0.25) is 0 Å². The number of carbonyl (C=O) groups excluding carboxylic acids is 1. The van der Waals surface area contributed by atoms with E-state index in [4.69, 9.17) is 9.68 Å². The third kappa shape index (κ3) is 3.42. The second-order valence-corrected chi connectivity index (χ2v) is 3.95. The van der Waals surface area contributed by atoms with E-state index in [9.17, 15) is 9.18 Å². The number of nitriles is 1. The van der Waals surface area contributed by atoms with Gasteiger partial charge in [0.15, 0.2) is 6.04 Å². The van der Waals surface area contributed by atoms with Gasteiger partial charge in [-0.2, -0.15) is 5.26 Å². The van der Waals surface area contributed by atoms with E-state index in [1.54, 1.807) is 12.1 Å². The fourth-order valence-corrected chi connectivity index (χ4v) is 1.62. The number of halogens is 1. The topological polar surface area (TPSA) is 66.0 Å². The zero-order chi connectivity index (χ0) is 13.7. The molecule has 0 bridgehead atoms. The summed E-state index contributed by atoms with van der Waals surface area (Å²) in [5.41, 5.74) is 0.676. The summed E-state index contributed by atoms with van der Waals surface area (Å²) in [4.78, 5) is 11.8. The molecule has 1 unspecified atom stereocenters. The van der Waals surface area contributed by atoms with E-state index in [0.29, 0.717) is 11.3 Å². The number of hydrogen-bond acceptors (Lipinski definition) is 3. The summed E-state index contributed by atoms with van der Waals surface area (Å²) in [5.74, 6) is -0.292. The first-order valence-electron chi connectivity index (χ1n) is 5.66. The van der Waals surface area contributed by atoms with Crippen molar-refractivity contribution in [2.75, 3.05) is 0 Å². The van der Waals surface area contributed by atoms with Crippen LogP contribution < -0.4 is 5.32 Å². The average molecular weight is 258 g/mol. The molecular weight excluding hydrogens is 247 g/mol. The van der Waals surface area contributed by atoms with Crippen molar-refractivity contribution in [2.24, 2.45) is 0 Å². The van der Waals surface area contributed by atoms with Gasteiger partial charge in [0, 0.05) is 0 Å². The SMILES string of the molecule is N#CC(NC(=O)Cc1ccc(F)cc1)c1ccco1. The first-order chi connectivity index (χ1) is 9.19. The van der Waals surface area contributed by atoms with Gasteiger partial charge in [-0.1, -0.05) is 12.1 Å². The van der Waals surface area contributed by atoms with E-state index in [-0.39, 0.29) is 18.1 Å². The van der Waals surface area contributed by atoms with Crippen molar-refractivity contribution in [3.05, 3.63) is 59.8 Å². The van der Waals surface area contributed by atoms with E-state index in [1.807, 2.05) is 6.07 Å². The predicted molar refractivity (Wildman–Crippen MR) is 65.3 cm³/mol. The summed E-state index contributed by atoms with van der Waals surface area (Å²) in [7, 11) is 0. The largest absolute Gasteiger partial charge is 0.466 e. The number of amides is 1. The Morgan fingerprint density at radius 1 is 1.37 bits per heavy atom. The third-order valence-corrected chi connectivity index (χ3v) is 2.54. The van der Waals surface area contributed by atoms with E-state index in [0.717, 1.165) is 0 Å². The highest BCUT2D eigenvalue weighted by molar-refractivity contribution is 5.79. The summed E-state index contributed by atoms with van der Waals surface area (Å²) in [6, 6.07) is 10.0. The van der Waals surface area contributed by atoms with E-state index < -0.39 is 6.04 Å². The molecule has 0 radical (unpaired) electrons. The molecule has 5 heteroatoms. The van der Waals surface area contributed by atoms with Gasteiger partial charge in [0.05, 0.1) is 18.8 Å². The summed E-state index contributed by atoms with van der Waals surface area (Å²) in [6.07, 6.45) is 1.52. The van der Waals surface area contributed by atoms with Gasteiger partial charge in [0.25, 0.3) is 0 Å². The Morgan fingerprint density at radius 3 is 2.68 bits per heavy atom. The molecule has 1 heterocycles. The van der Waals surface area contributed by atoms with Crippen molar-refractivity contribution < 1.29 is 13.6 Å². The number of furan rings is 1. The van der Waals surface area contributed by atoms with Crippen molar-refractivity contribution in [3.63, 3.8) is 0 Å². The molecule has 1 N–H and O–H groups in total. The summed E-state index contributed by atoms with van der Waals surface area (Å²) in [5, 5.41) is 11.5. The minimum Gasteiger partial charge on any atom is -0.466 e. The van der Waals surface area contributed by atoms with Crippen LogP contribution in [-0.4, -0.2) is 5.91 Å². The van der Waals surface area contributed by atoms with Gasteiger partial charge >= 0.3 is 0 Å². The van der Waals surface area contributed by atoms with Crippen LogP contribution in [0, 0.1) is 17.1 Å². The Hall–Kier alpha value is -2.61. The second-order valence-electron chi connectivity index (χ2n) is 3.95. The Morgan fingerprint density at radius 2 is 2.11 bits per heavy atom. The molecule has 0 aliphatic heterocycles. The minimum absolute atomic E-state index is 0.0825. The monoisotopic (exact) mass is 258 g/mol. The second kappa shape index (κ2) is 5.83. The maximum absolute atomic E-state index is 12.7. The van der Waals surface area contributed by atoms with Crippen LogP contribution >= 0.6 is 0 Å². The fraction of sp³-hybridized carbons (Fsp3) is 0.143. The van der Waals surface area contributed by atoms with E-state index in [2.05, 4.69) is 5.32 Å². The van der Waals surface area contributed by atoms with Gasteiger partial charge in [0.2, 0.25) is 5.91 Å². The van der Waals surface area contributed by atoms with Crippen LogP contribution in [-0.2, 0) is 11.2 Å². The first kappa shape index (κ1) is 12.8. The molecule has 4 nitrogen and oxygen atoms in total. The van der Waals surface area contributed by atoms with E-state index in [1.165, 1.54) is 30.5 Å². The van der Waals surface area contributed by atoms with Crippen molar-refractivity contribution in [1.82, 2.24) is 5.32 Å². The fourth-order valence-electron chi connectivity index (χ4n) is 1.62. The number of rotatable bonds is 4. The van der Waals surface area contributed by atoms with Crippen LogP contribution in [0.5, 0.6) is 0 Å². The Labute approximate surface area is 109 Å². The van der Waals surface area contributed by atoms with E-state index >= 15 is 0 Å². The average Bonchev–Trinajstić information content (AvgIpc) is 2.92. The molecule has 2 rings (SSSR count). The standard InChI is InChI=1S/C14H11FN2O2/c15-11-5-3-10(4-6-11)8-14(18)17-12(9-16)13-2-1-7-19-13/h1-7,12H,8H2,(H,17,18). The molecule has 2 aromatic rings. The summed E-state index contributed by atoms with van der Waals surface area (Å²) < 4.78 is 17.8. The molecule has 1 atom stereocenters. The molecule has 0 fully saturated rings. The van der Waals surface area contributed by atoms with Gasteiger partial charge in [-0.3, -0.25) is 4.79 Å². The van der Waals surface area contributed by atoms with Crippen LogP contribution in [0.1, 0.15) is 17.4 Å². The van der Waals surface area contributed by atoms with Gasteiger partial charge in [-0.15, -0.1) is 0 Å². The molecule has 1 aromatic heterocycles. The molecule has 0 aliphatic carbocycles. The molecule has 1 amide bonds. The molecule has 0 saturated heterocycles. The lowest BCUT2D eigenvalue weighted by Gasteiger charge is -2.09. The number of benzene rings is 1. The zero-order valence-electron chi connectivity index (χ0n) is 9.97. The number of nitrogens with zero attached hydrogens (tertiary/aromatic N) is 1. The van der Waals surface area contributed by atoms with Crippen molar-refractivity contribution >= 4 is 5.91 Å². The predicted octanol–water partition coefficient (Wildman–Crippen LogP) is 2.34. The van der Waals surface area contributed by atoms with Crippen LogP contribution in [0.4, 0.5) is 4.39 Å². The molecule has 19 heavy (non-hydrogen) atoms. The summed E-state index contributed by atoms with van der Waals surface area (Å²) >= 11 is 0. The van der Waals surface area contributed by atoms with Crippen LogP contribution in [0.3, 0.4) is 0 Å².